The van der Waals surface area contributed by atoms with Gasteiger partial charge in [0, 0.05) is 32.3 Å². The molecule has 2 fully saturated rings. The molecule has 4 heterocycles. The molecule has 182 valence electrons. The van der Waals surface area contributed by atoms with Crippen LogP contribution in [0, 0.1) is 5.92 Å². The quantitative estimate of drug-likeness (QED) is 0.560. The van der Waals surface area contributed by atoms with E-state index < -0.39 is 0 Å². The number of H-pyrrole nitrogens is 1. The lowest BCUT2D eigenvalue weighted by Crippen LogP contribution is -2.49. The van der Waals surface area contributed by atoms with Crippen molar-refractivity contribution in [2.75, 3.05) is 26.5 Å². The zero-order valence-corrected chi connectivity index (χ0v) is 19.5. The van der Waals surface area contributed by atoms with Crippen molar-refractivity contribution in [2.45, 2.75) is 38.6 Å². The van der Waals surface area contributed by atoms with Gasteiger partial charge in [0.05, 0.1) is 23.3 Å². The summed E-state index contributed by atoms with van der Waals surface area (Å²) in [6, 6.07) is 3.62. The monoisotopic (exact) mass is 477 g/mol. The molecule has 0 unspecified atom stereocenters. The van der Waals surface area contributed by atoms with Crippen LogP contribution >= 0.6 is 0 Å². The lowest BCUT2D eigenvalue weighted by molar-refractivity contribution is -0.130. The highest BCUT2D eigenvalue weighted by molar-refractivity contribution is 6.08. The van der Waals surface area contributed by atoms with Gasteiger partial charge in [-0.05, 0) is 43.7 Å². The summed E-state index contributed by atoms with van der Waals surface area (Å²) in [6.45, 7) is 3.56. The van der Waals surface area contributed by atoms with Gasteiger partial charge in [-0.3, -0.25) is 9.59 Å². The number of nitrogens with zero attached hydrogens (tertiary/aromatic N) is 3. The molecule has 2 aromatic heterocycles. The highest BCUT2D eigenvalue weighted by atomic mass is 16.7. The molecule has 0 radical (unpaired) electrons. The Bertz CT molecular complexity index is 1300. The summed E-state index contributed by atoms with van der Waals surface area (Å²) in [7, 11) is 0. The molecule has 1 aromatic carbocycles. The van der Waals surface area contributed by atoms with Gasteiger partial charge in [0.1, 0.15) is 23.3 Å². The first-order valence-electron chi connectivity index (χ1n) is 12.0. The van der Waals surface area contributed by atoms with Gasteiger partial charge < -0.3 is 29.4 Å². The summed E-state index contributed by atoms with van der Waals surface area (Å²) in [5, 5.41) is 3.07. The van der Waals surface area contributed by atoms with Crippen molar-refractivity contribution in [1.29, 1.82) is 0 Å². The predicted molar refractivity (Wildman–Crippen MR) is 126 cm³/mol. The van der Waals surface area contributed by atoms with E-state index in [0.29, 0.717) is 64.2 Å². The maximum atomic E-state index is 13.2. The zero-order chi connectivity index (χ0) is 23.9. The first kappa shape index (κ1) is 21.7. The SMILES string of the molecule is CC(=O)N1CCC[C@@H](NC(=O)c2c[nH]c3c(-c4c(OCC5CC5)ccc5c4OCO5)ncnc23)C1. The van der Waals surface area contributed by atoms with Gasteiger partial charge in [0.2, 0.25) is 12.7 Å². The van der Waals surface area contributed by atoms with Crippen molar-refractivity contribution in [3.63, 3.8) is 0 Å². The van der Waals surface area contributed by atoms with Crippen LogP contribution in [0.3, 0.4) is 0 Å². The Labute approximate surface area is 202 Å². The number of rotatable bonds is 6. The number of aromatic nitrogens is 3. The van der Waals surface area contributed by atoms with Crippen LogP contribution in [0.5, 0.6) is 17.2 Å². The number of amides is 2. The molecule has 0 bridgehead atoms. The molecule has 10 heteroatoms. The second-order valence-electron chi connectivity index (χ2n) is 9.35. The van der Waals surface area contributed by atoms with Crippen molar-refractivity contribution in [2.24, 2.45) is 5.92 Å². The number of benzene rings is 1. The van der Waals surface area contributed by atoms with E-state index in [0.717, 1.165) is 19.4 Å². The van der Waals surface area contributed by atoms with E-state index in [9.17, 15) is 9.59 Å². The van der Waals surface area contributed by atoms with E-state index in [-0.39, 0.29) is 24.6 Å². The van der Waals surface area contributed by atoms with E-state index in [1.54, 1.807) is 18.0 Å². The van der Waals surface area contributed by atoms with Gasteiger partial charge >= 0.3 is 0 Å². The molecule has 35 heavy (non-hydrogen) atoms. The molecule has 0 spiro atoms. The summed E-state index contributed by atoms with van der Waals surface area (Å²) in [5.41, 5.74) is 2.82. The lowest BCUT2D eigenvalue weighted by Gasteiger charge is -2.32. The third-order valence-corrected chi connectivity index (χ3v) is 6.82. The lowest BCUT2D eigenvalue weighted by atomic mass is 10.0. The van der Waals surface area contributed by atoms with Gasteiger partial charge in [-0.25, -0.2) is 9.97 Å². The average molecular weight is 478 g/mol. The molecule has 2 N–H and O–H groups in total. The first-order valence-corrected chi connectivity index (χ1v) is 12.0. The van der Waals surface area contributed by atoms with Crippen LogP contribution in [0.4, 0.5) is 0 Å². The van der Waals surface area contributed by atoms with Crippen LogP contribution in [0.25, 0.3) is 22.3 Å². The number of hydrogen-bond acceptors (Lipinski definition) is 7. The van der Waals surface area contributed by atoms with Gasteiger partial charge in [-0.1, -0.05) is 0 Å². The van der Waals surface area contributed by atoms with Crippen LogP contribution in [0.2, 0.25) is 0 Å². The summed E-state index contributed by atoms with van der Waals surface area (Å²) < 4.78 is 17.5. The van der Waals surface area contributed by atoms with E-state index in [1.807, 2.05) is 12.1 Å². The molecule has 1 saturated heterocycles. The normalized spacial score (nSPS) is 19.1. The predicted octanol–water partition coefficient (Wildman–Crippen LogP) is 2.88. The number of carbonyl (C=O) groups excluding carboxylic acids is 2. The molecule has 3 aliphatic rings. The van der Waals surface area contributed by atoms with E-state index in [2.05, 4.69) is 20.3 Å². The number of carbonyl (C=O) groups is 2. The number of fused-ring (bicyclic) bond motifs is 2. The van der Waals surface area contributed by atoms with Crippen LogP contribution in [0.15, 0.2) is 24.7 Å². The number of hydrogen-bond donors (Lipinski definition) is 2. The molecular weight excluding hydrogens is 450 g/mol. The molecule has 1 atom stereocenters. The average Bonchev–Trinajstić information content (AvgIpc) is 3.38. The molecule has 10 nitrogen and oxygen atoms in total. The van der Waals surface area contributed by atoms with Gasteiger partial charge in [-0.15, -0.1) is 0 Å². The van der Waals surface area contributed by atoms with Crippen LogP contribution in [0.1, 0.15) is 43.0 Å². The van der Waals surface area contributed by atoms with Gasteiger partial charge in [0.15, 0.2) is 11.5 Å². The second kappa shape index (κ2) is 8.75. The van der Waals surface area contributed by atoms with Gasteiger partial charge in [-0.2, -0.15) is 0 Å². The standard InChI is InChI=1S/C25H27N5O5/c1-14(31)30-8-2-3-16(10-30)29-25(32)17-9-26-23-21(17)27-12-28-22(23)20-18(33-11-15-4-5-15)6-7-19-24(20)35-13-34-19/h6-7,9,12,15-16,26H,2-5,8,10-11,13H2,1H3,(H,29,32)/t16-/m1/s1. The third kappa shape index (κ3) is 4.13. The molecule has 2 aliphatic heterocycles. The molecule has 6 rings (SSSR count). The topological polar surface area (TPSA) is 119 Å². The minimum Gasteiger partial charge on any atom is -0.492 e. The number of nitrogens with one attached hydrogen (secondary N) is 2. The smallest absolute Gasteiger partial charge is 0.255 e. The number of piperidine rings is 1. The van der Waals surface area contributed by atoms with Crippen LogP contribution in [-0.2, 0) is 4.79 Å². The maximum Gasteiger partial charge on any atom is 0.255 e. The maximum absolute atomic E-state index is 13.2. The van der Waals surface area contributed by atoms with Crippen molar-refractivity contribution >= 4 is 22.8 Å². The van der Waals surface area contributed by atoms with E-state index in [1.165, 1.54) is 19.2 Å². The second-order valence-corrected chi connectivity index (χ2v) is 9.35. The van der Waals surface area contributed by atoms with Crippen molar-refractivity contribution in [3.05, 3.63) is 30.2 Å². The van der Waals surface area contributed by atoms with E-state index >= 15 is 0 Å². The van der Waals surface area contributed by atoms with Crippen LogP contribution < -0.4 is 19.5 Å². The Morgan fingerprint density at radius 1 is 1.23 bits per heavy atom. The highest BCUT2D eigenvalue weighted by Crippen LogP contribution is 2.48. The Morgan fingerprint density at radius 2 is 2.11 bits per heavy atom. The fourth-order valence-electron chi connectivity index (χ4n) is 4.74. The summed E-state index contributed by atoms with van der Waals surface area (Å²) in [4.78, 5) is 38.9. The molecular formula is C25H27N5O5. The first-order chi connectivity index (χ1) is 17.1. The minimum absolute atomic E-state index is 0.0229. The largest absolute Gasteiger partial charge is 0.492 e. The summed E-state index contributed by atoms with van der Waals surface area (Å²) >= 11 is 0. The Kier molecular flexibility index (Phi) is 5.43. The molecule has 2 amide bonds. The van der Waals surface area contributed by atoms with E-state index in [4.69, 9.17) is 14.2 Å². The molecule has 3 aromatic rings. The Hall–Kier alpha value is -3.82. The number of aromatic amines is 1. The fourth-order valence-corrected chi connectivity index (χ4v) is 4.74. The molecule has 1 aliphatic carbocycles. The highest BCUT2D eigenvalue weighted by Gasteiger charge is 2.30. The van der Waals surface area contributed by atoms with Crippen molar-refractivity contribution in [3.8, 4) is 28.5 Å². The Balaban J connectivity index is 1.33. The fraction of sp³-hybridized carbons (Fsp3) is 0.440. The molecule has 1 saturated carbocycles. The van der Waals surface area contributed by atoms with Crippen LogP contribution in [-0.4, -0.2) is 64.2 Å². The minimum atomic E-state index is -0.237. The van der Waals surface area contributed by atoms with Gasteiger partial charge in [0.25, 0.3) is 5.91 Å². The van der Waals surface area contributed by atoms with Crippen molar-refractivity contribution < 1.29 is 23.8 Å². The third-order valence-electron chi connectivity index (χ3n) is 6.82. The Morgan fingerprint density at radius 3 is 2.94 bits per heavy atom. The zero-order valence-electron chi connectivity index (χ0n) is 19.5. The number of likely N-dealkylation sites (tertiary alicyclic amines) is 1. The summed E-state index contributed by atoms with van der Waals surface area (Å²) in [6.07, 6.45) is 7.13. The number of ether oxygens (including phenoxy) is 3. The summed E-state index contributed by atoms with van der Waals surface area (Å²) in [5.74, 6) is 2.23. The van der Waals surface area contributed by atoms with Crippen molar-refractivity contribution in [1.82, 2.24) is 25.2 Å².